The van der Waals surface area contributed by atoms with Gasteiger partial charge in [-0.1, -0.05) is 22.8 Å². The molecule has 2 aromatic heterocycles. The van der Waals surface area contributed by atoms with Gasteiger partial charge >= 0.3 is 0 Å². The first-order chi connectivity index (χ1) is 10.2. The first-order valence-electron chi connectivity index (χ1n) is 6.14. The summed E-state index contributed by atoms with van der Waals surface area (Å²) in [5, 5.41) is 13.3. The summed E-state index contributed by atoms with van der Waals surface area (Å²) < 4.78 is 5.22. The van der Waals surface area contributed by atoms with E-state index < -0.39 is 0 Å². The van der Waals surface area contributed by atoms with E-state index >= 15 is 0 Å². The monoisotopic (exact) mass is 296 g/mol. The highest BCUT2D eigenvalue weighted by molar-refractivity contribution is 6.32. The van der Waals surface area contributed by atoms with Crippen LogP contribution in [-0.2, 0) is 0 Å². The van der Waals surface area contributed by atoms with Crippen LogP contribution in [0, 0.1) is 18.3 Å². The fourth-order valence-electron chi connectivity index (χ4n) is 1.86. The number of benzene rings is 1. The Labute approximate surface area is 125 Å². The molecule has 0 fully saturated rings. The molecular formula is C15H9ClN4O. The molecule has 3 rings (SSSR count). The van der Waals surface area contributed by atoms with Crippen LogP contribution < -0.4 is 0 Å². The summed E-state index contributed by atoms with van der Waals surface area (Å²) >= 11 is 6.14. The van der Waals surface area contributed by atoms with Crippen LogP contribution in [0.4, 0.5) is 0 Å². The van der Waals surface area contributed by atoms with E-state index in [0.717, 1.165) is 5.56 Å². The average Bonchev–Trinajstić information content (AvgIpc) is 2.97. The fraction of sp³-hybridized carbons (Fsp3) is 0.0667. The van der Waals surface area contributed by atoms with E-state index in [1.54, 1.807) is 36.5 Å². The zero-order valence-electron chi connectivity index (χ0n) is 11.0. The van der Waals surface area contributed by atoms with E-state index in [1.807, 2.05) is 6.92 Å². The molecule has 0 unspecified atom stereocenters. The topological polar surface area (TPSA) is 75.6 Å². The summed E-state index contributed by atoms with van der Waals surface area (Å²) in [6.45, 7) is 1.90. The van der Waals surface area contributed by atoms with Crippen molar-refractivity contribution >= 4 is 11.6 Å². The van der Waals surface area contributed by atoms with Crippen molar-refractivity contribution < 1.29 is 4.52 Å². The van der Waals surface area contributed by atoms with Crippen molar-refractivity contribution in [3.8, 4) is 29.0 Å². The summed E-state index contributed by atoms with van der Waals surface area (Å²) in [4.78, 5) is 8.50. The Morgan fingerprint density at radius 3 is 2.90 bits per heavy atom. The number of hydrogen-bond donors (Lipinski definition) is 0. The highest BCUT2D eigenvalue weighted by atomic mass is 35.5. The Morgan fingerprint density at radius 1 is 1.29 bits per heavy atom. The number of halogens is 1. The maximum Gasteiger partial charge on any atom is 0.258 e. The van der Waals surface area contributed by atoms with Gasteiger partial charge in [0.05, 0.1) is 16.7 Å². The Morgan fingerprint density at radius 2 is 2.14 bits per heavy atom. The quantitative estimate of drug-likeness (QED) is 0.721. The average molecular weight is 297 g/mol. The van der Waals surface area contributed by atoms with E-state index in [-0.39, 0.29) is 0 Å². The molecule has 0 saturated heterocycles. The second-order valence-corrected chi connectivity index (χ2v) is 4.87. The molecule has 0 amide bonds. The summed E-state index contributed by atoms with van der Waals surface area (Å²) in [6, 6.07) is 10.8. The lowest BCUT2D eigenvalue weighted by molar-refractivity contribution is 0.432. The highest BCUT2D eigenvalue weighted by Crippen LogP contribution is 2.26. The third-order valence-electron chi connectivity index (χ3n) is 2.85. The molecule has 0 aliphatic carbocycles. The zero-order chi connectivity index (χ0) is 14.8. The molecule has 0 atom stereocenters. The fourth-order valence-corrected chi connectivity index (χ4v) is 2.16. The van der Waals surface area contributed by atoms with Crippen molar-refractivity contribution in [2.24, 2.45) is 0 Å². The highest BCUT2D eigenvalue weighted by Gasteiger charge is 2.14. The lowest BCUT2D eigenvalue weighted by Gasteiger charge is -1.98. The minimum Gasteiger partial charge on any atom is -0.334 e. The van der Waals surface area contributed by atoms with Crippen molar-refractivity contribution in [3.63, 3.8) is 0 Å². The van der Waals surface area contributed by atoms with Crippen molar-refractivity contribution in [1.82, 2.24) is 15.1 Å². The predicted octanol–water partition coefficient (Wildman–Crippen LogP) is 3.63. The minimum absolute atomic E-state index is 0.317. The molecule has 0 radical (unpaired) electrons. The van der Waals surface area contributed by atoms with Gasteiger partial charge in [-0.25, -0.2) is 0 Å². The van der Waals surface area contributed by atoms with Crippen LogP contribution in [0.2, 0.25) is 5.02 Å². The number of rotatable bonds is 2. The van der Waals surface area contributed by atoms with Gasteiger partial charge in [0, 0.05) is 11.8 Å². The molecule has 6 heteroatoms. The van der Waals surface area contributed by atoms with Gasteiger partial charge in [0.25, 0.3) is 5.89 Å². The largest absolute Gasteiger partial charge is 0.334 e. The van der Waals surface area contributed by atoms with Crippen LogP contribution in [0.1, 0.15) is 11.1 Å². The summed E-state index contributed by atoms with van der Waals surface area (Å²) in [5.41, 5.74) is 2.62. The molecule has 1 aromatic carbocycles. The SMILES string of the molecule is Cc1cnc(-c2noc(-c3cccc(C#N)c3)n2)c(Cl)c1. The molecular weight excluding hydrogens is 288 g/mol. The second kappa shape index (κ2) is 5.35. The van der Waals surface area contributed by atoms with E-state index in [1.165, 1.54) is 0 Å². The Balaban J connectivity index is 2.02. The van der Waals surface area contributed by atoms with Gasteiger partial charge in [-0.3, -0.25) is 4.98 Å². The number of aromatic nitrogens is 3. The van der Waals surface area contributed by atoms with Crippen molar-refractivity contribution in [2.45, 2.75) is 6.92 Å². The Kier molecular flexibility index (Phi) is 3.38. The first-order valence-corrected chi connectivity index (χ1v) is 6.52. The van der Waals surface area contributed by atoms with Crippen LogP contribution in [0.3, 0.4) is 0 Å². The second-order valence-electron chi connectivity index (χ2n) is 4.46. The van der Waals surface area contributed by atoms with Crippen LogP contribution in [0.25, 0.3) is 23.0 Å². The maximum absolute atomic E-state index is 8.91. The predicted molar refractivity (Wildman–Crippen MR) is 77.4 cm³/mol. The molecule has 2 heterocycles. The minimum atomic E-state index is 0.317. The van der Waals surface area contributed by atoms with Crippen molar-refractivity contribution in [3.05, 3.63) is 52.7 Å². The number of aryl methyl sites for hydroxylation is 1. The van der Waals surface area contributed by atoms with Gasteiger partial charge in [-0.05, 0) is 36.8 Å². The third-order valence-corrected chi connectivity index (χ3v) is 3.14. The summed E-state index contributed by atoms with van der Waals surface area (Å²) in [5.74, 6) is 0.637. The molecule has 21 heavy (non-hydrogen) atoms. The number of nitrogens with zero attached hydrogens (tertiary/aromatic N) is 4. The molecule has 0 spiro atoms. The summed E-state index contributed by atoms with van der Waals surface area (Å²) in [7, 11) is 0. The molecule has 0 aliphatic heterocycles. The molecule has 0 bridgehead atoms. The standard InChI is InChI=1S/C15H9ClN4O/c1-9-5-12(16)13(18-8-9)14-19-15(21-20-14)11-4-2-3-10(6-11)7-17/h2-6,8H,1H3. The van der Waals surface area contributed by atoms with E-state index in [0.29, 0.717) is 33.6 Å². The van der Waals surface area contributed by atoms with Gasteiger partial charge in [0.15, 0.2) is 0 Å². The molecule has 0 N–H and O–H groups in total. The molecule has 5 nitrogen and oxygen atoms in total. The lowest BCUT2D eigenvalue weighted by atomic mass is 10.1. The van der Waals surface area contributed by atoms with Crippen LogP contribution in [0.15, 0.2) is 41.1 Å². The van der Waals surface area contributed by atoms with Gasteiger partial charge in [-0.15, -0.1) is 0 Å². The zero-order valence-corrected chi connectivity index (χ0v) is 11.8. The Hall–Kier alpha value is -2.71. The first kappa shape index (κ1) is 13.3. The molecule has 0 aliphatic rings. The summed E-state index contributed by atoms with van der Waals surface area (Å²) in [6.07, 6.45) is 1.69. The third kappa shape index (κ3) is 2.62. The van der Waals surface area contributed by atoms with Crippen molar-refractivity contribution in [1.29, 1.82) is 5.26 Å². The van der Waals surface area contributed by atoms with Gasteiger partial charge in [0.2, 0.25) is 5.82 Å². The van der Waals surface area contributed by atoms with Gasteiger partial charge in [0.1, 0.15) is 5.69 Å². The maximum atomic E-state index is 8.91. The van der Waals surface area contributed by atoms with E-state index in [4.69, 9.17) is 21.4 Å². The number of nitriles is 1. The van der Waals surface area contributed by atoms with E-state index in [9.17, 15) is 0 Å². The molecule has 0 saturated carbocycles. The normalized spacial score (nSPS) is 10.3. The Bertz CT molecular complexity index is 851. The van der Waals surface area contributed by atoms with Crippen LogP contribution in [0.5, 0.6) is 0 Å². The molecule has 3 aromatic rings. The smallest absolute Gasteiger partial charge is 0.258 e. The van der Waals surface area contributed by atoms with E-state index in [2.05, 4.69) is 21.2 Å². The van der Waals surface area contributed by atoms with Gasteiger partial charge in [-0.2, -0.15) is 10.2 Å². The molecule has 102 valence electrons. The van der Waals surface area contributed by atoms with Crippen LogP contribution in [-0.4, -0.2) is 15.1 Å². The lowest BCUT2D eigenvalue weighted by Crippen LogP contribution is -1.88. The van der Waals surface area contributed by atoms with Gasteiger partial charge < -0.3 is 4.52 Å². The van der Waals surface area contributed by atoms with Crippen LogP contribution >= 0.6 is 11.6 Å². The number of hydrogen-bond acceptors (Lipinski definition) is 5. The number of pyridine rings is 1. The van der Waals surface area contributed by atoms with Crippen molar-refractivity contribution in [2.75, 3.05) is 0 Å².